The molecule has 12 nitrogen and oxygen atoms in total. The van der Waals surface area contributed by atoms with Crippen molar-refractivity contribution in [3.63, 3.8) is 0 Å². The van der Waals surface area contributed by atoms with Crippen LogP contribution in [0, 0.1) is 0 Å². The van der Waals surface area contributed by atoms with Gasteiger partial charge in [0.1, 0.15) is 29.0 Å². The summed E-state index contributed by atoms with van der Waals surface area (Å²) in [5.41, 5.74) is -4.47. The number of fused-ring (bicyclic) bond motifs is 1. The molecule has 1 unspecified atom stereocenters. The average Bonchev–Trinajstić information content (AvgIpc) is 3.13. The zero-order valence-electron chi connectivity index (χ0n) is 22.6. The second-order valence-corrected chi connectivity index (χ2v) is 12.1. The Morgan fingerprint density at radius 2 is 1.93 bits per heavy atom. The number of aliphatic hydroxyl groups is 1. The van der Waals surface area contributed by atoms with Gasteiger partial charge in [0.25, 0.3) is 5.56 Å². The zero-order valence-corrected chi connectivity index (χ0v) is 24.2. The number of aliphatic hydroxyl groups excluding tert-OH is 1. The fourth-order valence-corrected chi connectivity index (χ4v) is 5.95. The van der Waals surface area contributed by atoms with E-state index in [-0.39, 0.29) is 5.75 Å². The molecule has 1 aliphatic heterocycles. The molecule has 0 radical (unpaired) electrons. The number of halogens is 2. The van der Waals surface area contributed by atoms with E-state index in [1.165, 1.54) is 6.92 Å². The first-order valence-electron chi connectivity index (χ1n) is 12.7. The van der Waals surface area contributed by atoms with E-state index >= 15 is 4.39 Å². The molecule has 41 heavy (non-hydrogen) atoms. The minimum atomic E-state index is -4.44. The summed E-state index contributed by atoms with van der Waals surface area (Å²) in [6.45, 7) is 5.00. The summed E-state index contributed by atoms with van der Waals surface area (Å²) < 4.78 is 52.6. The van der Waals surface area contributed by atoms with Crippen molar-refractivity contribution in [2.45, 2.75) is 63.9 Å². The molecule has 2 heterocycles. The van der Waals surface area contributed by atoms with Crippen LogP contribution in [-0.4, -0.2) is 57.3 Å². The molecule has 0 spiro atoms. The molecular formula is C26H30ClFN3O9P. The van der Waals surface area contributed by atoms with Crippen LogP contribution >= 0.6 is 19.3 Å². The molecule has 2 aromatic carbocycles. The summed E-state index contributed by atoms with van der Waals surface area (Å²) in [4.78, 5) is 38.4. The second kappa shape index (κ2) is 12.0. The number of carbonyl (C=O) groups excluding carboxylic acids is 1. The Labute approximate surface area is 238 Å². The van der Waals surface area contributed by atoms with Crippen LogP contribution in [0.4, 0.5) is 4.39 Å². The molecule has 0 amide bonds. The molecule has 15 heteroatoms. The van der Waals surface area contributed by atoms with Gasteiger partial charge in [-0.05, 0) is 39.1 Å². The Balaban J connectivity index is 1.61. The molecule has 0 bridgehead atoms. The normalized spacial score (nSPS) is 24.7. The van der Waals surface area contributed by atoms with Crippen molar-refractivity contribution in [1.29, 1.82) is 0 Å². The van der Waals surface area contributed by atoms with E-state index in [0.29, 0.717) is 9.95 Å². The van der Waals surface area contributed by atoms with Gasteiger partial charge in [0.15, 0.2) is 11.9 Å². The quantitative estimate of drug-likeness (QED) is 0.228. The van der Waals surface area contributed by atoms with E-state index in [0.717, 1.165) is 18.5 Å². The van der Waals surface area contributed by atoms with Gasteiger partial charge in [0.05, 0.1) is 12.7 Å². The van der Waals surface area contributed by atoms with Crippen LogP contribution in [0.15, 0.2) is 58.3 Å². The number of aromatic amines is 1. The highest BCUT2D eigenvalue weighted by molar-refractivity contribution is 7.52. The lowest BCUT2D eigenvalue weighted by Crippen LogP contribution is -2.44. The first-order valence-corrected chi connectivity index (χ1v) is 14.6. The predicted octanol–water partition coefficient (Wildman–Crippen LogP) is 3.46. The van der Waals surface area contributed by atoms with Crippen molar-refractivity contribution in [3.05, 3.63) is 74.5 Å². The highest BCUT2D eigenvalue weighted by atomic mass is 35.5. The van der Waals surface area contributed by atoms with Gasteiger partial charge in [-0.25, -0.2) is 13.8 Å². The minimum Gasteiger partial charge on any atom is -0.462 e. The number of H-pyrrole nitrogens is 1. The van der Waals surface area contributed by atoms with Crippen LogP contribution in [0.3, 0.4) is 0 Å². The lowest BCUT2D eigenvalue weighted by atomic mass is 9.98. The Hall–Kier alpha value is -3.06. The summed E-state index contributed by atoms with van der Waals surface area (Å²) in [7, 11) is -4.44. The van der Waals surface area contributed by atoms with E-state index in [2.05, 4.69) is 5.09 Å². The maximum Gasteiger partial charge on any atom is 0.459 e. The second-order valence-electron chi connectivity index (χ2n) is 9.96. The molecule has 1 saturated heterocycles. The standard InChI is InChI=1S/C26H30ClFN3O9P/c1-14(2)38-23(34)15(3)30-41(36,40-19-11-7-9-16-8-5-6-10-17(16)19)37-13-20-21(32)26(4,28)24(39-20)31-12-18(27)22(33)29-25(31)35/h5-12,14-15,20-21,24,32H,13H2,1-4H3,(H,30,36)(H,29,33,35)/t15-,20-,21-,24?,26-,41+/m1/s1. The molecule has 3 aromatic rings. The topological polar surface area (TPSA) is 158 Å². The Morgan fingerprint density at radius 1 is 1.24 bits per heavy atom. The smallest absolute Gasteiger partial charge is 0.459 e. The van der Waals surface area contributed by atoms with Gasteiger partial charge < -0.3 is 19.1 Å². The fraction of sp³-hybridized carbons (Fsp3) is 0.423. The van der Waals surface area contributed by atoms with E-state index in [1.807, 2.05) is 23.2 Å². The number of benzene rings is 2. The molecule has 0 saturated carbocycles. The number of ether oxygens (including phenoxy) is 2. The first kappa shape index (κ1) is 30.9. The number of nitrogens with one attached hydrogen (secondary N) is 2. The predicted molar refractivity (Wildman–Crippen MR) is 148 cm³/mol. The average molecular weight is 614 g/mol. The van der Waals surface area contributed by atoms with Crippen LogP contribution in [0.5, 0.6) is 5.75 Å². The maximum absolute atomic E-state index is 15.7. The van der Waals surface area contributed by atoms with Crippen molar-refractivity contribution in [3.8, 4) is 5.75 Å². The SMILES string of the molecule is CC(C)OC(=O)[C@@H](C)N[P@](=O)(OC[C@H]1OC(n2cc(Cl)c(=O)[nH]c2=O)[C@](C)(F)[C@@H]1O)Oc1cccc2ccccc12. The van der Waals surface area contributed by atoms with Crippen LogP contribution in [0.2, 0.25) is 5.02 Å². The lowest BCUT2D eigenvalue weighted by Gasteiger charge is -2.26. The maximum atomic E-state index is 15.7. The van der Waals surface area contributed by atoms with Gasteiger partial charge in [-0.2, -0.15) is 5.09 Å². The van der Waals surface area contributed by atoms with Gasteiger partial charge >= 0.3 is 19.4 Å². The third-order valence-electron chi connectivity index (χ3n) is 6.33. The summed E-state index contributed by atoms with van der Waals surface area (Å²) in [5.74, 6) is -0.563. The summed E-state index contributed by atoms with van der Waals surface area (Å²) in [6.07, 6.45) is -4.62. The number of rotatable bonds is 10. The number of hydrogen-bond donors (Lipinski definition) is 3. The zero-order chi connectivity index (χ0) is 30.1. The van der Waals surface area contributed by atoms with Crippen LogP contribution < -0.4 is 20.9 Å². The van der Waals surface area contributed by atoms with Crippen molar-refractivity contribution >= 4 is 36.1 Å². The number of esters is 1. The molecule has 4 rings (SSSR count). The summed E-state index contributed by atoms with van der Waals surface area (Å²) >= 11 is 5.81. The molecule has 1 aromatic heterocycles. The molecule has 0 aliphatic carbocycles. The Morgan fingerprint density at radius 3 is 2.63 bits per heavy atom. The van der Waals surface area contributed by atoms with Gasteiger partial charge in [0, 0.05) is 11.6 Å². The number of alkyl halides is 1. The van der Waals surface area contributed by atoms with Crippen molar-refractivity contribution < 1.29 is 37.4 Å². The largest absolute Gasteiger partial charge is 0.462 e. The van der Waals surface area contributed by atoms with E-state index in [4.69, 9.17) is 30.1 Å². The minimum absolute atomic E-state index is 0.166. The van der Waals surface area contributed by atoms with Gasteiger partial charge in [-0.1, -0.05) is 48.0 Å². The van der Waals surface area contributed by atoms with Crippen LogP contribution in [-0.2, 0) is 23.4 Å². The summed E-state index contributed by atoms with van der Waals surface area (Å²) in [5, 5.41) is 14.2. The van der Waals surface area contributed by atoms with Crippen LogP contribution in [0.1, 0.15) is 33.9 Å². The lowest BCUT2D eigenvalue weighted by molar-refractivity contribution is -0.149. The highest BCUT2D eigenvalue weighted by Crippen LogP contribution is 2.48. The molecular weight excluding hydrogens is 584 g/mol. The number of carbonyl (C=O) groups is 1. The third kappa shape index (κ3) is 6.72. The van der Waals surface area contributed by atoms with Gasteiger partial charge in [-0.15, -0.1) is 0 Å². The Kier molecular flexibility index (Phi) is 9.07. The van der Waals surface area contributed by atoms with E-state index < -0.39 is 72.8 Å². The Bertz CT molecular complexity index is 1590. The molecule has 3 N–H and O–H groups in total. The van der Waals surface area contributed by atoms with Crippen LogP contribution in [0.25, 0.3) is 10.8 Å². The molecule has 6 atom stereocenters. The van der Waals surface area contributed by atoms with Gasteiger partial charge in [-0.3, -0.25) is 23.7 Å². The first-order chi connectivity index (χ1) is 19.2. The number of aromatic nitrogens is 2. The number of nitrogens with zero attached hydrogens (tertiary/aromatic N) is 1. The van der Waals surface area contributed by atoms with Crippen molar-refractivity contribution in [1.82, 2.24) is 14.6 Å². The monoisotopic (exact) mass is 613 g/mol. The third-order valence-corrected chi connectivity index (χ3v) is 8.23. The van der Waals surface area contributed by atoms with E-state index in [1.54, 1.807) is 38.1 Å². The molecule has 1 aliphatic rings. The van der Waals surface area contributed by atoms with Crippen molar-refractivity contribution in [2.24, 2.45) is 0 Å². The van der Waals surface area contributed by atoms with Gasteiger partial charge in [0.2, 0.25) is 0 Å². The summed E-state index contributed by atoms with van der Waals surface area (Å²) in [6, 6.07) is 11.0. The molecule has 1 fully saturated rings. The molecule has 222 valence electrons. The highest BCUT2D eigenvalue weighted by Gasteiger charge is 2.56. The number of hydrogen-bond acceptors (Lipinski definition) is 9. The van der Waals surface area contributed by atoms with E-state index in [9.17, 15) is 24.1 Å². The van der Waals surface area contributed by atoms with Crippen molar-refractivity contribution in [2.75, 3.05) is 6.61 Å². The fourth-order valence-electron chi connectivity index (χ4n) is 4.28.